The first-order chi connectivity index (χ1) is 8.13. The van der Waals surface area contributed by atoms with E-state index < -0.39 is 5.97 Å². The number of hydrogen-bond donors (Lipinski definition) is 1. The molecule has 1 aromatic rings. The van der Waals surface area contributed by atoms with Crippen molar-refractivity contribution < 1.29 is 24.1 Å². The van der Waals surface area contributed by atoms with Gasteiger partial charge in [-0.1, -0.05) is 0 Å². The van der Waals surface area contributed by atoms with E-state index in [2.05, 4.69) is 0 Å². The SMILES string of the molecule is COCc1c(OC)ccc(OC)c1CC(=O)O. The lowest BCUT2D eigenvalue weighted by Gasteiger charge is -2.15. The van der Waals surface area contributed by atoms with Gasteiger partial charge in [0.1, 0.15) is 11.5 Å². The molecule has 0 fully saturated rings. The Hall–Kier alpha value is -1.75. The van der Waals surface area contributed by atoms with Crippen molar-refractivity contribution >= 4 is 5.97 Å². The molecular formula is C12H16O5. The van der Waals surface area contributed by atoms with E-state index in [-0.39, 0.29) is 13.0 Å². The van der Waals surface area contributed by atoms with Crippen molar-refractivity contribution in [1.29, 1.82) is 0 Å². The number of rotatable bonds is 6. The predicted molar refractivity (Wildman–Crippen MR) is 61.6 cm³/mol. The highest BCUT2D eigenvalue weighted by Crippen LogP contribution is 2.31. The van der Waals surface area contributed by atoms with Crippen LogP contribution in [0.25, 0.3) is 0 Å². The topological polar surface area (TPSA) is 65.0 Å². The summed E-state index contributed by atoms with van der Waals surface area (Å²) in [5.41, 5.74) is 1.29. The summed E-state index contributed by atoms with van der Waals surface area (Å²) in [6.45, 7) is 0.281. The van der Waals surface area contributed by atoms with Crippen molar-refractivity contribution in [3.63, 3.8) is 0 Å². The standard InChI is InChI=1S/C12H16O5/c1-15-7-9-8(6-12(13)14)10(16-2)4-5-11(9)17-3/h4-5H,6-7H2,1-3H3,(H,13,14). The van der Waals surface area contributed by atoms with Crippen molar-refractivity contribution in [3.05, 3.63) is 23.3 Å². The first kappa shape index (κ1) is 13.3. The zero-order valence-corrected chi connectivity index (χ0v) is 10.1. The van der Waals surface area contributed by atoms with E-state index in [1.165, 1.54) is 14.2 Å². The van der Waals surface area contributed by atoms with Crippen molar-refractivity contribution in [2.24, 2.45) is 0 Å². The van der Waals surface area contributed by atoms with Crippen molar-refractivity contribution in [3.8, 4) is 11.5 Å². The molecule has 0 atom stereocenters. The van der Waals surface area contributed by atoms with Gasteiger partial charge in [-0.05, 0) is 12.1 Å². The highest BCUT2D eigenvalue weighted by Gasteiger charge is 2.17. The number of benzene rings is 1. The minimum Gasteiger partial charge on any atom is -0.496 e. The first-order valence-corrected chi connectivity index (χ1v) is 5.07. The van der Waals surface area contributed by atoms with Crippen LogP contribution in [-0.2, 0) is 22.6 Å². The fraction of sp³-hybridized carbons (Fsp3) is 0.417. The fourth-order valence-electron chi connectivity index (χ4n) is 1.68. The molecule has 5 heteroatoms. The second-order valence-corrected chi connectivity index (χ2v) is 3.43. The monoisotopic (exact) mass is 240 g/mol. The fourth-order valence-corrected chi connectivity index (χ4v) is 1.68. The Balaban J connectivity index is 3.29. The number of methoxy groups -OCH3 is 3. The Kier molecular flexibility index (Phi) is 4.78. The molecule has 5 nitrogen and oxygen atoms in total. The van der Waals surface area contributed by atoms with E-state index in [9.17, 15) is 4.79 Å². The van der Waals surface area contributed by atoms with Gasteiger partial charge in [0, 0.05) is 18.2 Å². The number of hydrogen-bond acceptors (Lipinski definition) is 4. The van der Waals surface area contributed by atoms with E-state index in [0.29, 0.717) is 22.6 Å². The Morgan fingerprint density at radius 2 is 1.65 bits per heavy atom. The molecule has 0 aliphatic rings. The molecule has 0 unspecified atom stereocenters. The van der Waals surface area contributed by atoms with Crippen molar-refractivity contribution in [2.75, 3.05) is 21.3 Å². The van der Waals surface area contributed by atoms with E-state index in [0.717, 1.165) is 0 Å². The van der Waals surface area contributed by atoms with Crippen LogP contribution >= 0.6 is 0 Å². The van der Waals surface area contributed by atoms with Gasteiger partial charge in [0.2, 0.25) is 0 Å². The summed E-state index contributed by atoms with van der Waals surface area (Å²) in [5.74, 6) is 0.207. The van der Waals surface area contributed by atoms with Crippen molar-refractivity contribution in [1.82, 2.24) is 0 Å². The number of aliphatic carboxylic acids is 1. The van der Waals surface area contributed by atoms with E-state index in [1.807, 2.05) is 0 Å². The summed E-state index contributed by atoms with van der Waals surface area (Å²) in [5, 5.41) is 8.91. The van der Waals surface area contributed by atoms with Gasteiger partial charge >= 0.3 is 5.97 Å². The molecule has 0 radical (unpaired) electrons. The molecule has 0 spiro atoms. The summed E-state index contributed by atoms with van der Waals surface area (Å²) < 4.78 is 15.4. The average Bonchev–Trinajstić information content (AvgIpc) is 2.30. The third kappa shape index (κ3) is 3.10. The molecule has 0 saturated carbocycles. The van der Waals surface area contributed by atoms with Gasteiger partial charge in [-0.3, -0.25) is 4.79 Å². The van der Waals surface area contributed by atoms with Crippen molar-refractivity contribution in [2.45, 2.75) is 13.0 Å². The maximum Gasteiger partial charge on any atom is 0.307 e. The quantitative estimate of drug-likeness (QED) is 0.815. The Morgan fingerprint density at radius 1 is 1.12 bits per heavy atom. The second kappa shape index (κ2) is 6.10. The maximum absolute atomic E-state index is 10.9. The zero-order valence-electron chi connectivity index (χ0n) is 10.1. The summed E-state index contributed by atoms with van der Waals surface area (Å²) in [6.07, 6.45) is -0.126. The van der Waals surface area contributed by atoms with E-state index >= 15 is 0 Å². The number of carbonyl (C=O) groups is 1. The summed E-state index contributed by atoms with van der Waals surface area (Å²) >= 11 is 0. The van der Waals surface area contributed by atoms with Crippen LogP contribution < -0.4 is 9.47 Å². The minimum absolute atomic E-state index is 0.126. The summed E-state index contributed by atoms with van der Waals surface area (Å²) in [7, 11) is 4.58. The van der Waals surface area contributed by atoms with Gasteiger partial charge in [-0.25, -0.2) is 0 Å². The molecular weight excluding hydrogens is 224 g/mol. The van der Waals surface area contributed by atoms with Crippen LogP contribution in [0, 0.1) is 0 Å². The lowest BCUT2D eigenvalue weighted by molar-refractivity contribution is -0.136. The van der Waals surface area contributed by atoms with Crippen LogP contribution in [-0.4, -0.2) is 32.4 Å². The Morgan fingerprint density at radius 3 is 2.06 bits per heavy atom. The van der Waals surface area contributed by atoms with Gasteiger partial charge in [-0.2, -0.15) is 0 Å². The Labute approximate surface area is 99.9 Å². The van der Waals surface area contributed by atoms with Crippen LogP contribution in [0.1, 0.15) is 11.1 Å². The lowest BCUT2D eigenvalue weighted by Crippen LogP contribution is -2.08. The molecule has 17 heavy (non-hydrogen) atoms. The van der Waals surface area contributed by atoms with Gasteiger partial charge < -0.3 is 19.3 Å². The summed E-state index contributed by atoms with van der Waals surface area (Å²) in [4.78, 5) is 10.9. The summed E-state index contributed by atoms with van der Waals surface area (Å²) in [6, 6.07) is 3.43. The molecule has 0 aliphatic carbocycles. The molecule has 1 rings (SSSR count). The van der Waals surface area contributed by atoms with Crippen LogP contribution in [0.15, 0.2) is 12.1 Å². The van der Waals surface area contributed by atoms with Crippen LogP contribution in [0.4, 0.5) is 0 Å². The van der Waals surface area contributed by atoms with E-state index in [1.54, 1.807) is 19.2 Å². The van der Waals surface area contributed by atoms with Gasteiger partial charge in [0.15, 0.2) is 0 Å². The second-order valence-electron chi connectivity index (χ2n) is 3.43. The lowest BCUT2D eigenvalue weighted by atomic mass is 10.0. The van der Waals surface area contributed by atoms with Crippen LogP contribution in [0.2, 0.25) is 0 Å². The van der Waals surface area contributed by atoms with E-state index in [4.69, 9.17) is 19.3 Å². The number of carboxylic acids is 1. The zero-order chi connectivity index (χ0) is 12.8. The molecule has 94 valence electrons. The normalized spacial score (nSPS) is 10.1. The first-order valence-electron chi connectivity index (χ1n) is 5.07. The van der Waals surface area contributed by atoms with Crippen LogP contribution in [0.3, 0.4) is 0 Å². The highest BCUT2D eigenvalue weighted by molar-refractivity contribution is 5.72. The molecule has 0 bridgehead atoms. The largest absolute Gasteiger partial charge is 0.496 e. The van der Waals surface area contributed by atoms with Gasteiger partial charge in [0.05, 0.1) is 27.2 Å². The third-order valence-corrected chi connectivity index (χ3v) is 2.40. The highest BCUT2D eigenvalue weighted by atomic mass is 16.5. The molecule has 1 N–H and O–H groups in total. The molecule has 0 heterocycles. The molecule has 0 aliphatic heterocycles. The van der Waals surface area contributed by atoms with Gasteiger partial charge in [0.25, 0.3) is 0 Å². The minimum atomic E-state index is -0.922. The Bertz CT molecular complexity index is 400. The number of ether oxygens (including phenoxy) is 3. The predicted octanol–water partition coefficient (Wildman–Crippen LogP) is 1.48. The molecule has 0 amide bonds. The third-order valence-electron chi connectivity index (χ3n) is 2.40. The molecule has 0 aromatic heterocycles. The molecule has 1 aromatic carbocycles. The van der Waals surface area contributed by atoms with Crippen LogP contribution in [0.5, 0.6) is 11.5 Å². The number of carboxylic acid groups (broad SMARTS) is 1. The average molecular weight is 240 g/mol. The molecule has 0 saturated heterocycles. The maximum atomic E-state index is 10.9. The smallest absolute Gasteiger partial charge is 0.307 e. The van der Waals surface area contributed by atoms with Gasteiger partial charge in [-0.15, -0.1) is 0 Å².